The van der Waals surface area contributed by atoms with Crippen LogP contribution in [0.1, 0.15) is 0 Å². The van der Waals surface area contributed by atoms with Crippen molar-refractivity contribution in [3.05, 3.63) is 0 Å². The maximum atomic E-state index is 9.44. The molecule has 0 spiro atoms. The Morgan fingerprint density at radius 3 is 2.31 bits per heavy atom. The van der Waals surface area contributed by atoms with Crippen molar-refractivity contribution in [1.29, 1.82) is 0 Å². The molecule has 5 N–H and O–H groups in total. The first-order valence-electron chi connectivity index (χ1n) is 3.78. The molecule has 0 aromatic carbocycles. The van der Waals surface area contributed by atoms with E-state index in [4.69, 9.17) is 9.84 Å². The number of aliphatic hydroxyl groups excluding tert-OH is 4. The highest BCUT2D eigenvalue weighted by atomic mass is 127. The van der Waals surface area contributed by atoms with Gasteiger partial charge >= 0.3 is 0 Å². The fourth-order valence-corrected chi connectivity index (χ4v) is 1.89. The number of nitrogens with one attached hydrogen (secondary N) is 1. The van der Waals surface area contributed by atoms with Gasteiger partial charge in [-0.3, -0.25) is 3.53 Å². The van der Waals surface area contributed by atoms with Crippen molar-refractivity contribution in [2.45, 2.75) is 30.6 Å². The largest absolute Gasteiger partial charge is 0.394 e. The Balaban J connectivity index is 2.66. The molecule has 13 heavy (non-hydrogen) atoms. The molecule has 7 heteroatoms. The molecule has 1 heterocycles. The van der Waals surface area contributed by atoms with Gasteiger partial charge in [0.05, 0.1) is 12.6 Å². The molecular weight excluding hydrogens is 293 g/mol. The number of aliphatic hydroxyl groups is 4. The summed E-state index contributed by atoms with van der Waals surface area (Å²) in [6, 6.07) is -0.751. The fraction of sp³-hybridized carbons (Fsp3) is 1.00. The first kappa shape index (κ1) is 11.6. The molecule has 1 rings (SSSR count). The quantitative estimate of drug-likeness (QED) is 0.291. The van der Waals surface area contributed by atoms with Gasteiger partial charge in [-0.1, -0.05) is 0 Å². The Morgan fingerprint density at radius 1 is 1.23 bits per heavy atom. The third-order valence-electron chi connectivity index (χ3n) is 2.03. The summed E-state index contributed by atoms with van der Waals surface area (Å²) in [5.74, 6) is 0. The zero-order valence-electron chi connectivity index (χ0n) is 6.67. The van der Waals surface area contributed by atoms with Gasteiger partial charge in [0.2, 0.25) is 0 Å². The zero-order chi connectivity index (χ0) is 10.0. The van der Waals surface area contributed by atoms with Gasteiger partial charge in [-0.05, 0) is 0 Å². The van der Waals surface area contributed by atoms with Crippen LogP contribution in [-0.2, 0) is 4.74 Å². The van der Waals surface area contributed by atoms with Gasteiger partial charge in [0.25, 0.3) is 0 Å². The van der Waals surface area contributed by atoms with Crippen LogP contribution in [0, 0.1) is 0 Å². The number of ether oxygens (including phenoxy) is 1. The van der Waals surface area contributed by atoms with Gasteiger partial charge in [0, 0.05) is 22.9 Å². The lowest BCUT2D eigenvalue weighted by Crippen LogP contribution is -2.61. The van der Waals surface area contributed by atoms with E-state index in [1.165, 1.54) is 0 Å². The highest BCUT2D eigenvalue weighted by Crippen LogP contribution is 2.20. The molecule has 0 saturated carbocycles. The standard InChI is InChI=1S/C6H12INO5/c7-8-3-5(11)4(10)2(1-9)13-6(3)12/h2-6,8-12H,1H2/t2-,3-,4-,5-,6?/m1/s1. The average Bonchev–Trinajstić information content (AvgIpc) is 2.12. The second-order valence-corrected chi connectivity index (χ2v) is 3.49. The van der Waals surface area contributed by atoms with Crippen LogP contribution in [0.2, 0.25) is 0 Å². The van der Waals surface area contributed by atoms with Crippen LogP contribution < -0.4 is 3.53 Å². The first-order chi connectivity index (χ1) is 6.11. The summed E-state index contributed by atoms with van der Waals surface area (Å²) in [5, 5.41) is 36.8. The number of hydrogen-bond donors (Lipinski definition) is 5. The summed E-state index contributed by atoms with van der Waals surface area (Å²) in [7, 11) is 0. The van der Waals surface area contributed by atoms with E-state index in [0.717, 1.165) is 0 Å². The average molecular weight is 305 g/mol. The molecule has 1 saturated heterocycles. The minimum atomic E-state index is -1.23. The van der Waals surface area contributed by atoms with Crippen LogP contribution in [0.4, 0.5) is 0 Å². The van der Waals surface area contributed by atoms with E-state index in [0.29, 0.717) is 0 Å². The third kappa shape index (κ3) is 2.29. The lowest BCUT2D eigenvalue weighted by atomic mass is 9.98. The fourth-order valence-electron chi connectivity index (χ4n) is 1.21. The molecule has 0 aromatic heterocycles. The van der Waals surface area contributed by atoms with Crippen molar-refractivity contribution >= 4 is 22.9 Å². The summed E-state index contributed by atoms with van der Waals surface area (Å²) in [6.07, 6.45) is -4.52. The van der Waals surface area contributed by atoms with Crippen molar-refractivity contribution in [3.8, 4) is 0 Å². The maximum absolute atomic E-state index is 9.44. The van der Waals surface area contributed by atoms with Crippen LogP contribution in [0.5, 0.6) is 0 Å². The Kier molecular flexibility index (Phi) is 4.29. The van der Waals surface area contributed by atoms with Gasteiger partial charge < -0.3 is 25.2 Å². The van der Waals surface area contributed by atoms with Crippen molar-refractivity contribution in [2.75, 3.05) is 6.61 Å². The molecule has 1 aliphatic heterocycles. The van der Waals surface area contributed by atoms with Crippen molar-refractivity contribution < 1.29 is 25.2 Å². The van der Waals surface area contributed by atoms with Crippen molar-refractivity contribution in [2.24, 2.45) is 0 Å². The van der Waals surface area contributed by atoms with Gasteiger partial charge in [0.15, 0.2) is 6.29 Å². The van der Waals surface area contributed by atoms with E-state index in [-0.39, 0.29) is 0 Å². The summed E-state index contributed by atoms with van der Waals surface area (Å²) < 4.78 is 7.43. The van der Waals surface area contributed by atoms with Gasteiger partial charge in [-0.2, -0.15) is 0 Å². The van der Waals surface area contributed by atoms with Crippen LogP contribution in [0.3, 0.4) is 0 Å². The van der Waals surface area contributed by atoms with E-state index >= 15 is 0 Å². The zero-order valence-corrected chi connectivity index (χ0v) is 8.83. The predicted molar refractivity (Wildman–Crippen MR) is 50.9 cm³/mol. The molecule has 0 aliphatic carbocycles. The lowest BCUT2D eigenvalue weighted by Gasteiger charge is -2.39. The number of hydrogen-bond acceptors (Lipinski definition) is 6. The van der Waals surface area contributed by atoms with E-state index in [1.54, 1.807) is 22.9 Å². The molecule has 0 radical (unpaired) electrons. The topological polar surface area (TPSA) is 102 Å². The van der Waals surface area contributed by atoms with Crippen LogP contribution in [0.25, 0.3) is 0 Å². The van der Waals surface area contributed by atoms with Crippen LogP contribution >= 0.6 is 22.9 Å². The van der Waals surface area contributed by atoms with E-state index in [1.807, 2.05) is 0 Å². The van der Waals surface area contributed by atoms with Gasteiger partial charge in [-0.15, -0.1) is 0 Å². The Hall–Kier alpha value is 0.490. The second kappa shape index (κ2) is 4.82. The summed E-state index contributed by atoms with van der Waals surface area (Å²) in [4.78, 5) is 0. The predicted octanol–water partition coefficient (Wildman–Crippen LogP) is -2.27. The third-order valence-corrected chi connectivity index (χ3v) is 2.75. The lowest BCUT2D eigenvalue weighted by molar-refractivity contribution is -0.250. The van der Waals surface area contributed by atoms with E-state index in [9.17, 15) is 15.3 Å². The minimum Gasteiger partial charge on any atom is -0.394 e. The summed E-state index contributed by atoms with van der Waals surface area (Å²) >= 11 is 1.74. The molecule has 78 valence electrons. The van der Waals surface area contributed by atoms with Crippen molar-refractivity contribution in [1.82, 2.24) is 3.53 Å². The number of rotatable bonds is 2. The molecule has 1 fully saturated rings. The molecule has 5 atom stereocenters. The molecule has 0 bridgehead atoms. The van der Waals surface area contributed by atoms with E-state index in [2.05, 4.69) is 3.53 Å². The summed E-state index contributed by atoms with van der Waals surface area (Å²) in [6.45, 7) is -0.441. The molecular formula is C6H12INO5. The smallest absolute Gasteiger partial charge is 0.173 e. The molecule has 0 amide bonds. The molecule has 1 unspecified atom stereocenters. The maximum Gasteiger partial charge on any atom is 0.173 e. The van der Waals surface area contributed by atoms with Crippen LogP contribution in [0.15, 0.2) is 0 Å². The Labute approximate surface area is 89.0 Å². The van der Waals surface area contributed by atoms with Crippen molar-refractivity contribution in [3.63, 3.8) is 0 Å². The molecule has 1 aliphatic rings. The normalized spacial score (nSPS) is 46.4. The molecule has 0 aromatic rings. The monoisotopic (exact) mass is 305 g/mol. The molecule has 6 nitrogen and oxygen atoms in total. The first-order valence-corrected chi connectivity index (χ1v) is 4.86. The van der Waals surface area contributed by atoms with E-state index < -0.39 is 37.3 Å². The summed E-state index contributed by atoms with van der Waals surface area (Å²) in [5.41, 5.74) is 0. The Morgan fingerprint density at radius 2 is 1.85 bits per heavy atom. The minimum absolute atomic E-state index is 0.441. The van der Waals surface area contributed by atoms with Gasteiger partial charge in [0.1, 0.15) is 18.3 Å². The number of halogens is 1. The highest BCUT2D eigenvalue weighted by Gasteiger charge is 2.42. The SMILES string of the molecule is OC[C@H]1OC(O)[C@H](NI)[C@@H](O)[C@@H]1O. The van der Waals surface area contributed by atoms with Gasteiger partial charge in [-0.25, -0.2) is 0 Å². The van der Waals surface area contributed by atoms with Crippen LogP contribution in [-0.4, -0.2) is 57.7 Å². The highest BCUT2D eigenvalue weighted by molar-refractivity contribution is 14.1. The Bertz CT molecular complexity index is 171. The second-order valence-electron chi connectivity index (χ2n) is 2.86.